The predicted molar refractivity (Wildman–Crippen MR) is 288 cm³/mol. The molecule has 0 N–H and O–H groups in total. The van der Waals surface area contributed by atoms with Crippen LogP contribution in [0.4, 0.5) is 0 Å². The molecule has 0 aliphatic heterocycles. The van der Waals surface area contributed by atoms with Crippen molar-refractivity contribution in [3.8, 4) is 0 Å². The molecular weight excluding hydrogens is 829 g/mol. The van der Waals surface area contributed by atoms with Gasteiger partial charge in [0.2, 0.25) is 0 Å². The second-order valence-corrected chi connectivity index (χ2v) is 18.1. The van der Waals surface area contributed by atoms with E-state index in [1.165, 1.54) is 103 Å². The first-order valence-electron chi connectivity index (χ1n) is 27.7. The summed E-state index contributed by atoms with van der Waals surface area (Å²) in [5.74, 6) is -0.979. The van der Waals surface area contributed by atoms with Crippen molar-refractivity contribution < 1.29 is 28.6 Å². The third kappa shape index (κ3) is 53.2. The van der Waals surface area contributed by atoms with Gasteiger partial charge in [-0.3, -0.25) is 14.4 Å². The molecule has 67 heavy (non-hydrogen) atoms. The maximum Gasteiger partial charge on any atom is 0.306 e. The molecule has 0 aromatic heterocycles. The molecule has 1 atom stereocenters. The summed E-state index contributed by atoms with van der Waals surface area (Å²) in [4.78, 5) is 38.1. The fourth-order valence-electron chi connectivity index (χ4n) is 7.38. The minimum Gasteiger partial charge on any atom is -0.462 e. The molecule has 6 heteroatoms. The Hall–Kier alpha value is -3.67. The van der Waals surface area contributed by atoms with Crippen LogP contribution in [0.25, 0.3) is 0 Å². The van der Waals surface area contributed by atoms with Crippen molar-refractivity contribution in [1.29, 1.82) is 0 Å². The van der Waals surface area contributed by atoms with E-state index in [0.29, 0.717) is 19.3 Å². The molecule has 0 rings (SSSR count). The van der Waals surface area contributed by atoms with E-state index in [1.807, 2.05) is 0 Å². The van der Waals surface area contributed by atoms with Gasteiger partial charge in [-0.25, -0.2) is 0 Å². The van der Waals surface area contributed by atoms with Crippen LogP contribution < -0.4 is 0 Å². The molecular formula is C61H102O6. The summed E-state index contributed by atoms with van der Waals surface area (Å²) in [5, 5.41) is 0. The van der Waals surface area contributed by atoms with Crippen LogP contribution in [-0.4, -0.2) is 37.2 Å². The number of esters is 3. The Labute approximate surface area is 413 Å². The Morgan fingerprint density at radius 1 is 0.313 bits per heavy atom. The first kappa shape index (κ1) is 63.3. The van der Waals surface area contributed by atoms with Crippen LogP contribution in [0.2, 0.25) is 0 Å². The van der Waals surface area contributed by atoms with Gasteiger partial charge in [0.05, 0.1) is 0 Å². The number of rotatable bonds is 49. The minimum absolute atomic E-state index is 0.103. The maximum atomic E-state index is 12.8. The standard InChI is InChI=1S/C61H102O6/c1-4-7-10-13-16-19-22-25-28-30-33-36-39-42-45-48-51-54-60(63)66-57-58(56-65-59(62)53-50-47-44-41-38-35-32-27-24-21-18-15-12-9-6-3)67-61(64)55-52-49-46-43-40-37-34-31-29-26-23-20-17-14-11-8-5-2/h7,10,16-17,19-20,25-29,32-33,36,42,45,58H,4-6,8-9,11-15,18,21-24,30-31,34-35,37-41,43-44,46-57H2,1-3H3/b10-7-,19-16-,20-17-,28-25-,29-26-,32-27-,36-33-,45-42-/t58-/m0/s1. The van der Waals surface area contributed by atoms with Crippen molar-refractivity contribution in [2.45, 2.75) is 258 Å². The van der Waals surface area contributed by atoms with Crippen LogP contribution in [0, 0.1) is 0 Å². The first-order valence-corrected chi connectivity index (χ1v) is 27.7. The Kier molecular flexibility index (Phi) is 51.9. The van der Waals surface area contributed by atoms with Crippen LogP contribution in [-0.2, 0) is 28.6 Å². The van der Waals surface area contributed by atoms with E-state index in [-0.39, 0.29) is 37.5 Å². The molecule has 0 radical (unpaired) electrons. The quantitative estimate of drug-likeness (QED) is 0.0262. The van der Waals surface area contributed by atoms with E-state index in [9.17, 15) is 14.4 Å². The van der Waals surface area contributed by atoms with Crippen molar-refractivity contribution >= 4 is 17.9 Å². The highest BCUT2D eigenvalue weighted by molar-refractivity contribution is 5.71. The molecule has 6 nitrogen and oxygen atoms in total. The van der Waals surface area contributed by atoms with E-state index in [2.05, 4.69) is 118 Å². The monoisotopic (exact) mass is 931 g/mol. The third-order valence-electron chi connectivity index (χ3n) is 11.5. The fourth-order valence-corrected chi connectivity index (χ4v) is 7.38. The smallest absolute Gasteiger partial charge is 0.306 e. The van der Waals surface area contributed by atoms with Crippen molar-refractivity contribution in [2.24, 2.45) is 0 Å². The van der Waals surface area contributed by atoms with Gasteiger partial charge < -0.3 is 14.2 Å². The van der Waals surface area contributed by atoms with E-state index in [4.69, 9.17) is 14.2 Å². The summed E-state index contributed by atoms with van der Waals surface area (Å²) in [5.41, 5.74) is 0. The Bertz CT molecular complexity index is 1350. The molecule has 0 saturated carbocycles. The fraction of sp³-hybridized carbons (Fsp3) is 0.689. The van der Waals surface area contributed by atoms with Gasteiger partial charge in [-0.1, -0.05) is 214 Å². The number of ether oxygens (including phenoxy) is 3. The van der Waals surface area contributed by atoms with Gasteiger partial charge in [0.1, 0.15) is 13.2 Å². The Morgan fingerprint density at radius 3 is 1.01 bits per heavy atom. The zero-order chi connectivity index (χ0) is 48.6. The molecule has 0 aromatic rings. The minimum atomic E-state index is -0.809. The van der Waals surface area contributed by atoms with E-state index < -0.39 is 6.10 Å². The summed E-state index contributed by atoms with van der Waals surface area (Å²) in [6, 6.07) is 0. The molecule has 0 aliphatic carbocycles. The number of unbranched alkanes of at least 4 members (excludes halogenated alkanes) is 22. The van der Waals surface area contributed by atoms with Gasteiger partial charge in [0.15, 0.2) is 6.10 Å². The number of allylic oxidation sites excluding steroid dienone is 16. The zero-order valence-electron chi connectivity index (χ0n) is 43.6. The lowest BCUT2D eigenvalue weighted by molar-refractivity contribution is -0.167. The molecule has 0 heterocycles. The van der Waals surface area contributed by atoms with Crippen LogP contribution in [0.5, 0.6) is 0 Å². The highest BCUT2D eigenvalue weighted by Gasteiger charge is 2.19. The Balaban J connectivity index is 4.51. The number of hydrogen-bond acceptors (Lipinski definition) is 6. The van der Waals surface area contributed by atoms with E-state index in [1.54, 1.807) is 0 Å². The van der Waals surface area contributed by atoms with Gasteiger partial charge in [-0.05, 0) is 116 Å². The van der Waals surface area contributed by atoms with E-state index >= 15 is 0 Å². The molecule has 0 saturated heterocycles. The van der Waals surface area contributed by atoms with Crippen LogP contribution in [0.15, 0.2) is 97.2 Å². The zero-order valence-corrected chi connectivity index (χ0v) is 43.6. The lowest BCUT2D eigenvalue weighted by atomic mass is 10.1. The molecule has 0 aromatic carbocycles. The lowest BCUT2D eigenvalue weighted by Gasteiger charge is -2.18. The molecule has 382 valence electrons. The Morgan fingerprint density at radius 2 is 0.597 bits per heavy atom. The van der Waals surface area contributed by atoms with E-state index in [0.717, 1.165) is 103 Å². The van der Waals surface area contributed by atoms with Crippen LogP contribution >= 0.6 is 0 Å². The van der Waals surface area contributed by atoms with Gasteiger partial charge in [0.25, 0.3) is 0 Å². The second kappa shape index (κ2) is 54.9. The summed E-state index contributed by atoms with van der Waals surface area (Å²) < 4.78 is 16.8. The van der Waals surface area contributed by atoms with Gasteiger partial charge in [0, 0.05) is 19.3 Å². The van der Waals surface area contributed by atoms with Crippen molar-refractivity contribution in [3.63, 3.8) is 0 Å². The molecule has 0 aliphatic rings. The largest absolute Gasteiger partial charge is 0.462 e. The summed E-state index contributed by atoms with van der Waals surface area (Å²) in [6.45, 7) is 6.43. The molecule has 0 bridgehead atoms. The number of carbonyl (C=O) groups excluding carboxylic acids is 3. The first-order chi connectivity index (χ1) is 33.0. The summed E-state index contributed by atoms with van der Waals surface area (Å²) >= 11 is 0. The van der Waals surface area contributed by atoms with Crippen molar-refractivity contribution in [3.05, 3.63) is 97.2 Å². The van der Waals surface area contributed by atoms with Gasteiger partial charge >= 0.3 is 17.9 Å². The summed E-state index contributed by atoms with van der Waals surface area (Å²) in [7, 11) is 0. The SMILES string of the molecule is CC/C=C\C/C=C\C/C=C\C/C=C\C/C=C\CCCC(=O)OC[C@H](COC(=O)CCCCCCC/C=C\CCCCCCCC)OC(=O)CCCCCCCCC/C=C\C/C=C\CCCCC. The van der Waals surface area contributed by atoms with Crippen molar-refractivity contribution in [1.82, 2.24) is 0 Å². The summed E-state index contributed by atoms with van der Waals surface area (Å²) in [6.07, 6.45) is 72.5. The van der Waals surface area contributed by atoms with Gasteiger partial charge in [-0.15, -0.1) is 0 Å². The maximum absolute atomic E-state index is 12.8. The number of carbonyl (C=O) groups is 3. The molecule has 0 amide bonds. The van der Waals surface area contributed by atoms with Gasteiger partial charge in [-0.2, -0.15) is 0 Å². The average molecular weight is 931 g/mol. The molecule has 0 fully saturated rings. The van der Waals surface area contributed by atoms with Crippen LogP contribution in [0.1, 0.15) is 252 Å². The van der Waals surface area contributed by atoms with Crippen LogP contribution in [0.3, 0.4) is 0 Å². The topological polar surface area (TPSA) is 78.9 Å². The predicted octanol–water partition coefficient (Wildman–Crippen LogP) is 18.5. The third-order valence-corrected chi connectivity index (χ3v) is 11.5. The molecule has 0 spiro atoms. The molecule has 0 unspecified atom stereocenters. The highest BCUT2D eigenvalue weighted by Crippen LogP contribution is 2.14. The van der Waals surface area contributed by atoms with Crippen molar-refractivity contribution in [2.75, 3.05) is 13.2 Å². The average Bonchev–Trinajstić information content (AvgIpc) is 3.33. The number of hydrogen-bond donors (Lipinski definition) is 0. The highest BCUT2D eigenvalue weighted by atomic mass is 16.6. The lowest BCUT2D eigenvalue weighted by Crippen LogP contribution is -2.30. The normalized spacial score (nSPS) is 12.8. The second-order valence-electron chi connectivity index (χ2n) is 18.1.